The van der Waals surface area contributed by atoms with E-state index in [1.54, 1.807) is 27.7 Å². The Morgan fingerprint density at radius 1 is 0.821 bits per heavy atom. The summed E-state index contributed by atoms with van der Waals surface area (Å²) in [6.07, 6.45) is 0. The number of rotatable bonds is 2. The summed E-state index contributed by atoms with van der Waals surface area (Å²) in [7, 11) is 0. The van der Waals surface area contributed by atoms with Gasteiger partial charge in [0.1, 0.15) is 5.76 Å². The second-order valence-electron chi connectivity index (χ2n) is 8.62. The first-order valence-corrected chi connectivity index (χ1v) is 9.67. The van der Waals surface area contributed by atoms with Crippen LogP contribution in [0.2, 0.25) is 5.02 Å². The van der Waals surface area contributed by atoms with Crippen molar-refractivity contribution in [3.8, 4) is 11.1 Å². The lowest BCUT2D eigenvalue weighted by atomic mass is 9.62. The molecule has 0 fully saturated rings. The van der Waals surface area contributed by atoms with Gasteiger partial charge in [0.15, 0.2) is 11.6 Å². The van der Waals surface area contributed by atoms with Crippen LogP contribution in [0.3, 0.4) is 0 Å². The summed E-state index contributed by atoms with van der Waals surface area (Å²) < 4.78 is 0. The van der Waals surface area contributed by atoms with E-state index in [-0.39, 0.29) is 22.9 Å². The highest BCUT2D eigenvalue weighted by Gasteiger charge is 2.53. The SMILES string of the molecule is Cc1ccc(-c2ccc(Cl)cc2C)cc1C1=C(O)C(C)(C)C(=O)C(C)(C)C1=O. The molecule has 3 rings (SSSR count). The lowest BCUT2D eigenvalue weighted by Crippen LogP contribution is -2.48. The van der Waals surface area contributed by atoms with Gasteiger partial charge in [-0.3, -0.25) is 9.59 Å². The zero-order valence-electron chi connectivity index (χ0n) is 17.1. The van der Waals surface area contributed by atoms with Gasteiger partial charge in [0.05, 0.1) is 16.4 Å². The van der Waals surface area contributed by atoms with Crippen LogP contribution in [0.15, 0.2) is 42.2 Å². The number of allylic oxidation sites excluding steroid dienone is 2. The van der Waals surface area contributed by atoms with Crippen molar-refractivity contribution in [2.24, 2.45) is 10.8 Å². The van der Waals surface area contributed by atoms with Crippen molar-refractivity contribution in [2.45, 2.75) is 41.5 Å². The highest BCUT2D eigenvalue weighted by atomic mass is 35.5. The highest BCUT2D eigenvalue weighted by molar-refractivity contribution is 6.34. The Labute approximate surface area is 171 Å². The topological polar surface area (TPSA) is 54.4 Å². The number of ketones is 2. The average molecular weight is 397 g/mol. The third kappa shape index (κ3) is 2.98. The first-order chi connectivity index (χ1) is 12.9. The number of aliphatic hydroxyl groups is 1. The summed E-state index contributed by atoms with van der Waals surface area (Å²) in [5, 5.41) is 11.6. The van der Waals surface area contributed by atoms with Gasteiger partial charge in [-0.2, -0.15) is 0 Å². The second-order valence-corrected chi connectivity index (χ2v) is 9.06. The van der Waals surface area contributed by atoms with Crippen molar-refractivity contribution in [1.82, 2.24) is 0 Å². The second kappa shape index (κ2) is 6.59. The van der Waals surface area contributed by atoms with Crippen molar-refractivity contribution in [3.63, 3.8) is 0 Å². The summed E-state index contributed by atoms with van der Waals surface area (Å²) in [4.78, 5) is 26.0. The van der Waals surface area contributed by atoms with Crippen LogP contribution >= 0.6 is 11.6 Å². The molecule has 0 aliphatic heterocycles. The fourth-order valence-electron chi connectivity index (χ4n) is 3.98. The fraction of sp³-hybridized carbons (Fsp3) is 0.333. The monoisotopic (exact) mass is 396 g/mol. The molecule has 2 aromatic rings. The molecule has 0 radical (unpaired) electrons. The normalized spacial score (nSPS) is 18.5. The Balaban J connectivity index is 2.27. The third-order valence-electron chi connectivity index (χ3n) is 5.77. The van der Waals surface area contributed by atoms with E-state index in [9.17, 15) is 14.7 Å². The molecule has 28 heavy (non-hydrogen) atoms. The first kappa shape index (κ1) is 20.3. The predicted octanol–water partition coefficient (Wildman–Crippen LogP) is 6.10. The first-order valence-electron chi connectivity index (χ1n) is 9.30. The Morgan fingerprint density at radius 2 is 1.46 bits per heavy atom. The van der Waals surface area contributed by atoms with Crippen LogP contribution in [-0.2, 0) is 9.59 Å². The Morgan fingerprint density at radius 3 is 2.07 bits per heavy atom. The van der Waals surface area contributed by atoms with Crippen LogP contribution in [0, 0.1) is 24.7 Å². The molecule has 0 bridgehead atoms. The van der Waals surface area contributed by atoms with E-state index in [2.05, 4.69) is 0 Å². The molecule has 1 aliphatic rings. The number of halogens is 1. The maximum atomic E-state index is 13.2. The number of carbonyl (C=O) groups excluding carboxylic acids is 2. The molecule has 2 aromatic carbocycles. The van der Waals surface area contributed by atoms with E-state index in [4.69, 9.17) is 11.6 Å². The van der Waals surface area contributed by atoms with E-state index < -0.39 is 10.8 Å². The minimum absolute atomic E-state index is 0.157. The molecule has 4 heteroatoms. The van der Waals surface area contributed by atoms with Crippen LogP contribution in [0.25, 0.3) is 16.7 Å². The smallest absolute Gasteiger partial charge is 0.179 e. The van der Waals surface area contributed by atoms with Crippen molar-refractivity contribution in [1.29, 1.82) is 0 Å². The average Bonchev–Trinajstić information content (AvgIpc) is 2.61. The van der Waals surface area contributed by atoms with Gasteiger partial charge in [0.2, 0.25) is 0 Å². The zero-order chi connectivity index (χ0) is 21.0. The van der Waals surface area contributed by atoms with E-state index >= 15 is 0 Å². The van der Waals surface area contributed by atoms with Gasteiger partial charge in [-0.1, -0.05) is 29.8 Å². The molecular formula is C24H25ClO3. The number of carbonyl (C=O) groups is 2. The van der Waals surface area contributed by atoms with E-state index in [1.807, 2.05) is 50.2 Å². The molecule has 0 aromatic heterocycles. The van der Waals surface area contributed by atoms with Gasteiger partial charge in [-0.05, 0) is 87.6 Å². The van der Waals surface area contributed by atoms with Crippen molar-refractivity contribution in [2.75, 3.05) is 0 Å². The van der Waals surface area contributed by atoms with Crippen LogP contribution in [-0.4, -0.2) is 16.7 Å². The largest absolute Gasteiger partial charge is 0.510 e. The number of aliphatic hydroxyl groups excluding tert-OH is 1. The van der Waals surface area contributed by atoms with Crippen molar-refractivity contribution in [3.05, 3.63) is 63.9 Å². The van der Waals surface area contributed by atoms with Gasteiger partial charge >= 0.3 is 0 Å². The molecular weight excluding hydrogens is 372 g/mol. The van der Waals surface area contributed by atoms with Crippen molar-refractivity contribution >= 4 is 28.7 Å². The van der Waals surface area contributed by atoms with Gasteiger partial charge in [0.25, 0.3) is 0 Å². The molecule has 0 heterocycles. The molecule has 3 nitrogen and oxygen atoms in total. The number of hydrogen-bond acceptors (Lipinski definition) is 3. The minimum atomic E-state index is -1.19. The van der Waals surface area contributed by atoms with E-state index in [1.165, 1.54) is 0 Å². The molecule has 0 atom stereocenters. The molecule has 0 amide bonds. The van der Waals surface area contributed by atoms with Crippen LogP contribution in [0.1, 0.15) is 44.4 Å². The Hall–Kier alpha value is -2.39. The van der Waals surface area contributed by atoms with E-state index in [0.717, 1.165) is 22.3 Å². The molecule has 0 saturated carbocycles. The standard InChI is InChI=1S/C24H25ClO3/c1-13-7-8-15(17-10-9-16(25)11-14(17)2)12-18(13)19-20(26)23(3,4)22(28)24(5,6)21(19)27/h7-12,26H,1-6H3. The number of aryl methyl sites for hydroxylation is 2. The fourth-order valence-corrected chi connectivity index (χ4v) is 4.21. The summed E-state index contributed by atoms with van der Waals surface area (Å²) in [6.45, 7) is 10.5. The van der Waals surface area contributed by atoms with Gasteiger partial charge in [-0.25, -0.2) is 0 Å². The van der Waals surface area contributed by atoms with Crippen LogP contribution in [0.4, 0.5) is 0 Å². The number of hydrogen-bond donors (Lipinski definition) is 1. The predicted molar refractivity (Wildman–Crippen MR) is 113 cm³/mol. The van der Waals surface area contributed by atoms with Crippen molar-refractivity contribution < 1.29 is 14.7 Å². The maximum absolute atomic E-state index is 13.2. The molecule has 146 valence electrons. The number of Topliss-reactive ketones (excluding diaryl/α,β-unsaturated/α-hetero) is 2. The van der Waals surface area contributed by atoms with Crippen LogP contribution in [0.5, 0.6) is 0 Å². The quantitative estimate of drug-likeness (QED) is 0.624. The lowest BCUT2D eigenvalue weighted by molar-refractivity contribution is -0.143. The van der Waals surface area contributed by atoms with Gasteiger partial charge in [-0.15, -0.1) is 0 Å². The van der Waals surface area contributed by atoms with Gasteiger partial charge in [0, 0.05) is 5.02 Å². The maximum Gasteiger partial charge on any atom is 0.179 e. The molecule has 0 spiro atoms. The van der Waals surface area contributed by atoms with E-state index in [0.29, 0.717) is 10.6 Å². The molecule has 0 unspecified atom stereocenters. The lowest BCUT2D eigenvalue weighted by Gasteiger charge is -2.38. The van der Waals surface area contributed by atoms with Gasteiger partial charge < -0.3 is 5.11 Å². The summed E-state index contributed by atoms with van der Waals surface area (Å²) in [5.41, 5.74) is 2.40. The van der Waals surface area contributed by atoms with Crippen LogP contribution < -0.4 is 0 Å². The molecule has 1 aliphatic carbocycles. The summed E-state index contributed by atoms with van der Waals surface area (Å²) in [5.74, 6) is -0.772. The Bertz CT molecular complexity index is 1040. The summed E-state index contributed by atoms with van der Waals surface area (Å²) in [6, 6.07) is 11.5. The third-order valence-corrected chi connectivity index (χ3v) is 6.00. The molecule has 1 N–H and O–H groups in total. The molecule has 0 saturated heterocycles. The minimum Gasteiger partial charge on any atom is -0.510 e. The number of benzene rings is 2. The highest BCUT2D eigenvalue weighted by Crippen LogP contribution is 2.47. The Kier molecular flexibility index (Phi) is 4.79. The zero-order valence-corrected chi connectivity index (χ0v) is 17.9. The summed E-state index contributed by atoms with van der Waals surface area (Å²) >= 11 is 6.08.